The molecule has 0 bridgehead atoms. The lowest BCUT2D eigenvalue weighted by atomic mass is 10.2. The van der Waals surface area contributed by atoms with Crippen molar-refractivity contribution in [1.82, 2.24) is 4.98 Å². The van der Waals surface area contributed by atoms with E-state index in [1.807, 2.05) is 0 Å². The molecule has 2 N–H and O–H groups in total. The highest BCUT2D eigenvalue weighted by Crippen LogP contribution is 2.26. The number of aromatic nitrogens is 1. The van der Waals surface area contributed by atoms with E-state index in [-0.39, 0.29) is 4.90 Å². The van der Waals surface area contributed by atoms with Gasteiger partial charge < -0.3 is 5.11 Å². The van der Waals surface area contributed by atoms with Gasteiger partial charge in [-0.2, -0.15) is 0 Å². The normalized spacial score (nSPS) is 11.4. The number of benzene rings is 1. The van der Waals surface area contributed by atoms with E-state index in [2.05, 4.69) is 9.71 Å². The lowest BCUT2D eigenvalue weighted by Gasteiger charge is -2.07. The second-order valence-corrected chi connectivity index (χ2v) is 7.09. The standard InChI is InChI=1S/C12H11FN2O4S2/c1-6-11(20-7(2)14-6)15-21(18,19)8-3-4-10(13)9(5-8)12(16)17/h3-5,15H,1-2H3,(H,16,17). The molecule has 21 heavy (non-hydrogen) atoms. The summed E-state index contributed by atoms with van der Waals surface area (Å²) >= 11 is 1.16. The molecule has 1 heterocycles. The van der Waals surface area contributed by atoms with Crippen LogP contribution in [0.25, 0.3) is 0 Å². The molecule has 0 amide bonds. The summed E-state index contributed by atoms with van der Waals surface area (Å²) in [4.78, 5) is 14.6. The summed E-state index contributed by atoms with van der Waals surface area (Å²) in [5.41, 5.74) is -0.184. The molecule has 0 atom stereocenters. The van der Waals surface area contributed by atoms with Crippen LogP contribution in [0.2, 0.25) is 0 Å². The molecule has 6 nitrogen and oxygen atoms in total. The molecule has 9 heteroatoms. The largest absolute Gasteiger partial charge is 0.478 e. The summed E-state index contributed by atoms with van der Waals surface area (Å²) in [6, 6.07) is 2.60. The van der Waals surface area contributed by atoms with E-state index in [4.69, 9.17) is 5.11 Å². The lowest BCUT2D eigenvalue weighted by molar-refractivity contribution is 0.0691. The van der Waals surface area contributed by atoms with Crippen LogP contribution in [0.3, 0.4) is 0 Å². The van der Waals surface area contributed by atoms with Gasteiger partial charge in [0, 0.05) is 0 Å². The number of aryl methyl sites for hydroxylation is 2. The van der Waals surface area contributed by atoms with Crippen molar-refractivity contribution in [2.45, 2.75) is 18.7 Å². The molecule has 1 aromatic carbocycles. The van der Waals surface area contributed by atoms with Crippen LogP contribution >= 0.6 is 11.3 Å². The van der Waals surface area contributed by atoms with Crippen molar-refractivity contribution in [3.05, 3.63) is 40.3 Å². The molecule has 0 fully saturated rings. The minimum atomic E-state index is -4.00. The predicted octanol–water partition coefficient (Wildman–Crippen LogP) is 2.40. The van der Waals surface area contributed by atoms with Gasteiger partial charge in [-0.3, -0.25) is 4.72 Å². The zero-order valence-electron chi connectivity index (χ0n) is 11.0. The van der Waals surface area contributed by atoms with Crippen molar-refractivity contribution >= 4 is 32.3 Å². The molecular weight excluding hydrogens is 319 g/mol. The second kappa shape index (κ2) is 5.41. The summed E-state index contributed by atoms with van der Waals surface area (Å²) in [5.74, 6) is -2.53. The number of anilines is 1. The molecule has 0 aliphatic heterocycles. The van der Waals surface area contributed by atoms with Crippen molar-refractivity contribution in [1.29, 1.82) is 0 Å². The highest BCUT2D eigenvalue weighted by Gasteiger charge is 2.21. The van der Waals surface area contributed by atoms with Crippen LogP contribution in [0.1, 0.15) is 21.1 Å². The third-order valence-electron chi connectivity index (χ3n) is 2.61. The van der Waals surface area contributed by atoms with Gasteiger partial charge in [0.1, 0.15) is 10.8 Å². The third-order valence-corrected chi connectivity index (χ3v) is 5.07. The van der Waals surface area contributed by atoms with Crippen LogP contribution in [0.15, 0.2) is 23.1 Å². The molecule has 2 rings (SSSR count). The lowest BCUT2D eigenvalue weighted by Crippen LogP contribution is -2.14. The van der Waals surface area contributed by atoms with Crippen molar-refractivity contribution in [2.24, 2.45) is 0 Å². The Morgan fingerprint density at radius 3 is 2.57 bits per heavy atom. The first-order valence-electron chi connectivity index (χ1n) is 5.70. The first-order valence-corrected chi connectivity index (χ1v) is 8.00. The fourth-order valence-electron chi connectivity index (χ4n) is 1.64. The smallest absolute Gasteiger partial charge is 0.338 e. The van der Waals surface area contributed by atoms with Crippen molar-refractivity contribution in [3.8, 4) is 0 Å². The van der Waals surface area contributed by atoms with E-state index in [1.54, 1.807) is 13.8 Å². The number of hydrogen-bond donors (Lipinski definition) is 2. The Balaban J connectivity index is 2.42. The van der Waals surface area contributed by atoms with Gasteiger partial charge in [-0.15, -0.1) is 11.3 Å². The number of nitrogens with one attached hydrogen (secondary N) is 1. The van der Waals surface area contributed by atoms with E-state index in [9.17, 15) is 17.6 Å². The number of nitrogens with zero attached hydrogens (tertiary/aromatic N) is 1. The van der Waals surface area contributed by atoms with Crippen LogP contribution in [0, 0.1) is 19.7 Å². The van der Waals surface area contributed by atoms with E-state index in [0.717, 1.165) is 29.5 Å². The molecule has 0 aliphatic carbocycles. The molecule has 1 aromatic heterocycles. The Bertz CT molecular complexity index is 815. The fraction of sp³-hybridized carbons (Fsp3) is 0.167. The number of sulfonamides is 1. The molecule has 0 aliphatic rings. The quantitative estimate of drug-likeness (QED) is 0.897. The summed E-state index contributed by atoms with van der Waals surface area (Å²) < 4.78 is 40.0. The number of carboxylic acids is 1. The number of hydrogen-bond acceptors (Lipinski definition) is 5. The van der Waals surface area contributed by atoms with Gasteiger partial charge >= 0.3 is 5.97 Å². The molecule has 0 saturated heterocycles. The monoisotopic (exact) mass is 330 g/mol. The predicted molar refractivity (Wildman–Crippen MR) is 75.8 cm³/mol. The topological polar surface area (TPSA) is 96.4 Å². The Morgan fingerprint density at radius 2 is 2.05 bits per heavy atom. The summed E-state index contributed by atoms with van der Waals surface area (Å²) in [6.07, 6.45) is 0. The highest BCUT2D eigenvalue weighted by molar-refractivity contribution is 7.93. The van der Waals surface area contributed by atoms with E-state index < -0.39 is 27.4 Å². The minimum Gasteiger partial charge on any atom is -0.478 e. The van der Waals surface area contributed by atoms with Gasteiger partial charge in [-0.1, -0.05) is 0 Å². The number of carboxylic acid groups (broad SMARTS) is 1. The van der Waals surface area contributed by atoms with Gasteiger partial charge in [0.25, 0.3) is 10.0 Å². The van der Waals surface area contributed by atoms with Gasteiger partial charge in [-0.25, -0.2) is 22.6 Å². The molecule has 2 aromatic rings. The second-order valence-electron chi connectivity index (χ2n) is 4.20. The average molecular weight is 330 g/mol. The van der Waals surface area contributed by atoms with Gasteiger partial charge in [-0.05, 0) is 32.0 Å². The SMILES string of the molecule is Cc1nc(C)c(NS(=O)(=O)c2ccc(F)c(C(=O)O)c2)s1. The molecule has 112 valence electrons. The average Bonchev–Trinajstić information content (AvgIpc) is 2.66. The summed E-state index contributed by atoms with van der Waals surface area (Å²) in [5, 5.41) is 9.86. The Labute approximate surface area is 124 Å². The molecular formula is C12H11FN2O4S2. The Kier molecular flexibility index (Phi) is 3.97. The zero-order chi connectivity index (χ0) is 15.8. The van der Waals surface area contributed by atoms with Crippen LogP contribution in [0.4, 0.5) is 9.39 Å². The van der Waals surface area contributed by atoms with E-state index >= 15 is 0 Å². The van der Waals surface area contributed by atoms with Crippen LogP contribution < -0.4 is 4.72 Å². The number of aromatic carboxylic acids is 1. The molecule has 0 radical (unpaired) electrons. The van der Waals surface area contributed by atoms with Crippen LogP contribution in [-0.4, -0.2) is 24.5 Å². The summed E-state index contributed by atoms with van der Waals surface area (Å²) in [7, 11) is -4.00. The Hall–Kier alpha value is -2.00. The minimum absolute atomic E-state index is 0.327. The molecule has 0 saturated carbocycles. The fourth-order valence-corrected chi connectivity index (χ4v) is 3.84. The maximum absolute atomic E-state index is 13.3. The van der Waals surface area contributed by atoms with Crippen molar-refractivity contribution < 1.29 is 22.7 Å². The van der Waals surface area contributed by atoms with E-state index in [1.165, 1.54) is 0 Å². The number of halogens is 1. The highest BCUT2D eigenvalue weighted by atomic mass is 32.2. The Morgan fingerprint density at radius 1 is 1.38 bits per heavy atom. The van der Waals surface area contributed by atoms with Gasteiger partial charge in [0.15, 0.2) is 0 Å². The first kappa shape index (κ1) is 15.4. The maximum Gasteiger partial charge on any atom is 0.338 e. The van der Waals surface area contributed by atoms with Gasteiger partial charge in [0.2, 0.25) is 0 Å². The number of rotatable bonds is 4. The van der Waals surface area contributed by atoms with Crippen molar-refractivity contribution in [2.75, 3.05) is 4.72 Å². The number of thiazole rings is 1. The number of carbonyl (C=O) groups is 1. The van der Waals surface area contributed by atoms with Crippen LogP contribution in [-0.2, 0) is 10.0 Å². The summed E-state index contributed by atoms with van der Waals surface area (Å²) in [6.45, 7) is 3.38. The maximum atomic E-state index is 13.3. The van der Waals surface area contributed by atoms with Gasteiger partial charge in [0.05, 0.1) is 21.2 Å². The zero-order valence-corrected chi connectivity index (χ0v) is 12.7. The molecule has 0 unspecified atom stereocenters. The van der Waals surface area contributed by atoms with E-state index in [0.29, 0.717) is 15.7 Å². The first-order chi connectivity index (χ1) is 9.70. The van der Waals surface area contributed by atoms with Crippen LogP contribution in [0.5, 0.6) is 0 Å². The third kappa shape index (κ3) is 3.19. The molecule has 0 spiro atoms. The van der Waals surface area contributed by atoms with Crippen molar-refractivity contribution in [3.63, 3.8) is 0 Å².